The molecule has 0 aliphatic carbocycles. The molecule has 2 aromatic carbocycles. The molecule has 3 heterocycles. The van der Waals surface area contributed by atoms with Gasteiger partial charge in [0.1, 0.15) is 10.8 Å². The van der Waals surface area contributed by atoms with Crippen LogP contribution in [0.1, 0.15) is 59.8 Å². The molecule has 1 N–H and O–H groups in total. The van der Waals surface area contributed by atoms with Crippen molar-refractivity contribution in [2.75, 3.05) is 33.3 Å². The van der Waals surface area contributed by atoms with Gasteiger partial charge < -0.3 is 15.0 Å². The minimum atomic E-state index is -0.127. The molecule has 226 valence electrons. The van der Waals surface area contributed by atoms with E-state index < -0.39 is 0 Å². The van der Waals surface area contributed by atoms with Gasteiger partial charge >= 0.3 is 0 Å². The Bertz CT molecular complexity index is 1640. The zero-order chi connectivity index (χ0) is 30.7. The van der Waals surface area contributed by atoms with E-state index >= 15 is 0 Å². The van der Waals surface area contributed by atoms with Crippen LogP contribution in [0.4, 0.5) is 0 Å². The molecule has 0 atom stereocenters. The number of amides is 1. The standard InChI is InChI=1S/C35H42N4O3S/c1-7-24-10-9-11-25(8-2)32(24)39-30(20-22(3)4)28(34(40)38-18-16-36-17-19-38)21-29(35(39)41)33-37-31(23(5)43-33)26-12-14-27(42-6)15-13-26/h9-15,21-22,36H,7-8,16-20H2,1-6H3. The summed E-state index contributed by atoms with van der Waals surface area (Å²) in [6.07, 6.45) is 2.16. The van der Waals surface area contributed by atoms with Crippen LogP contribution in [0.5, 0.6) is 5.75 Å². The molecule has 43 heavy (non-hydrogen) atoms. The van der Waals surface area contributed by atoms with Crippen molar-refractivity contribution in [2.24, 2.45) is 5.92 Å². The number of piperazine rings is 1. The zero-order valence-corrected chi connectivity index (χ0v) is 26.9. The molecule has 4 aromatic rings. The van der Waals surface area contributed by atoms with Gasteiger partial charge in [0.15, 0.2) is 0 Å². The second-order valence-electron chi connectivity index (χ2n) is 11.5. The highest BCUT2D eigenvalue weighted by Crippen LogP contribution is 2.35. The Hall–Kier alpha value is -3.75. The number of ether oxygens (including phenoxy) is 1. The fourth-order valence-electron chi connectivity index (χ4n) is 5.88. The Morgan fingerprint density at radius 2 is 1.70 bits per heavy atom. The van der Waals surface area contributed by atoms with Crippen molar-refractivity contribution >= 4 is 17.2 Å². The maximum Gasteiger partial charge on any atom is 0.265 e. The Labute approximate surface area is 258 Å². The van der Waals surface area contributed by atoms with E-state index in [-0.39, 0.29) is 17.4 Å². The molecule has 1 amide bonds. The predicted octanol–water partition coefficient (Wildman–Crippen LogP) is 6.31. The highest BCUT2D eigenvalue weighted by Gasteiger charge is 2.28. The molecular formula is C35H42N4O3S. The number of nitrogens with zero attached hydrogens (tertiary/aromatic N) is 3. The lowest BCUT2D eigenvalue weighted by Gasteiger charge is -2.30. The normalized spacial score (nSPS) is 13.5. The molecule has 0 radical (unpaired) electrons. The van der Waals surface area contributed by atoms with E-state index in [1.165, 1.54) is 11.3 Å². The average Bonchev–Trinajstić information content (AvgIpc) is 3.41. The first kappa shape index (κ1) is 30.7. The largest absolute Gasteiger partial charge is 0.497 e. The molecule has 1 saturated heterocycles. The number of methoxy groups -OCH3 is 1. The minimum Gasteiger partial charge on any atom is -0.497 e. The van der Waals surface area contributed by atoms with E-state index in [2.05, 4.69) is 51.2 Å². The van der Waals surface area contributed by atoms with E-state index in [1.807, 2.05) is 46.7 Å². The van der Waals surface area contributed by atoms with E-state index in [0.29, 0.717) is 35.6 Å². The summed E-state index contributed by atoms with van der Waals surface area (Å²) < 4.78 is 7.21. The number of aryl methyl sites for hydroxylation is 3. The number of aromatic nitrogens is 2. The van der Waals surface area contributed by atoms with Crippen LogP contribution < -0.4 is 15.6 Å². The summed E-state index contributed by atoms with van der Waals surface area (Å²) in [5.41, 5.74) is 6.61. The highest BCUT2D eigenvalue weighted by atomic mass is 32.1. The lowest BCUT2D eigenvalue weighted by atomic mass is 9.97. The molecule has 0 spiro atoms. The van der Waals surface area contributed by atoms with Gasteiger partial charge in [-0.05, 0) is 73.6 Å². The first-order valence-corrected chi connectivity index (χ1v) is 16.1. The summed E-state index contributed by atoms with van der Waals surface area (Å²) in [6.45, 7) is 13.3. The minimum absolute atomic E-state index is 0.0252. The van der Waals surface area contributed by atoms with Crippen LogP contribution >= 0.6 is 11.3 Å². The SMILES string of the molecule is CCc1cccc(CC)c1-n1c(CC(C)C)c(C(=O)N2CCNCC2)cc(-c2nc(-c3ccc(OC)cc3)c(C)s2)c1=O. The van der Waals surface area contributed by atoms with Crippen molar-refractivity contribution in [2.45, 2.75) is 53.9 Å². The van der Waals surface area contributed by atoms with E-state index in [0.717, 1.165) is 70.3 Å². The maximum absolute atomic E-state index is 14.8. The predicted molar refractivity (Wildman–Crippen MR) is 176 cm³/mol. The molecule has 0 saturated carbocycles. The van der Waals surface area contributed by atoms with Crippen LogP contribution in [0.2, 0.25) is 0 Å². The quantitative estimate of drug-likeness (QED) is 0.244. The fraction of sp³-hybridized carbons (Fsp3) is 0.400. The fourth-order valence-corrected chi connectivity index (χ4v) is 6.83. The molecule has 1 fully saturated rings. The van der Waals surface area contributed by atoms with Crippen LogP contribution in [-0.4, -0.2) is 53.6 Å². The highest BCUT2D eigenvalue weighted by molar-refractivity contribution is 7.15. The van der Waals surface area contributed by atoms with Crippen molar-refractivity contribution in [1.29, 1.82) is 0 Å². The van der Waals surface area contributed by atoms with Gasteiger partial charge in [0.2, 0.25) is 0 Å². The third-order valence-corrected chi connectivity index (χ3v) is 9.12. The smallest absolute Gasteiger partial charge is 0.265 e. The third kappa shape index (κ3) is 6.17. The lowest BCUT2D eigenvalue weighted by molar-refractivity contribution is 0.0733. The molecule has 5 rings (SSSR count). The van der Waals surface area contributed by atoms with Crippen molar-refractivity contribution in [1.82, 2.24) is 19.8 Å². The molecular weight excluding hydrogens is 556 g/mol. The number of pyridine rings is 1. The number of benzene rings is 2. The van der Waals surface area contributed by atoms with Crippen LogP contribution in [0.3, 0.4) is 0 Å². The van der Waals surface area contributed by atoms with E-state index in [1.54, 1.807) is 7.11 Å². The Morgan fingerprint density at radius 3 is 2.28 bits per heavy atom. The third-order valence-electron chi connectivity index (χ3n) is 8.12. The van der Waals surface area contributed by atoms with Crippen molar-refractivity contribution in [3.05, 3.63) is 86.1 Å². The van der Waals surface area contributed by atoms with E-state index in [4.69, 9.17) is 9.72 Å². The van der Waals surface area contributed by atoms with Crippen LogP contribution in [0, 0.1) is 12.8 Å². The van der Waals surface area contributed by atoms with Crippen molar-refractivity contribution < 1.29 is 9.53 Å². The number of carbonyl (C=O) groups is 1. The summed E-state index contributed by atoms with van der Waals surface area (Å²) >= 11 is 1.50. The molecule has 8 heteroatoms. The van der Waals surface area contributed by atoms with Gasteiger partial charge in [0.05, 0.1) is 29.6 Å². The van der Waals surface area contributed by atoms with Gasteiger partial charge in [-0.1, -0.05) is 45.9 Å². The molecule has 0 unspecified atom stereocenters. The molecule has 1 aliphatic rings. The molecule has 2 aromatic heterocycles. The molecule has 0 bridgehead atoms. The van der Waals surface area contributed by atoms with Gasteiger partial charge in [-0.15, -0.1) is 11.3 Å². The van der Waals surface area contributed by atoms with Crippen LogP contribution in [-0.2, 0) is 19.3 Å². The van der Waals surface area contributed by atoms with Crippen LogP contribution in [0.15, 0.2) is 53.3 Å². The molecule has 1 aliphatic heterocycles. The summed E-state index contributed by atoms with van der Waals surface area (Å²) in [4.78, 5) is 37.0. The first-order chi connectivity index (χ1) is 20.8. The van der Waals surface area contributed by atoms with Crippen molar-refractivity contribution in [3.8, 4) is 33.3 Å². The van der Waals surface area contributed by atoms with Gasteiger partial charge in [0, 0.05) is 42.3 Å². The summed E-state index contributed by atoms with van der Waals surface area (Å²) in [6, 6.07) is 15.9. The summed E-state index contributed by atoms with van der Waals surface area (Å²) in [7, 11) is 1.65. The summed E-state index contributed by atoms with van der Waals surface area (Å²) in [5.74, 6) is 0.995. The monoisotopic (exact) mass is 598 g/mol. The first-order valence-electron chi connectivity index (χ1n) is 15.3. The number of thiazole rings is 1. The van der Waals surface area contributed by atoms with Gasteiger partial charge in [-0.3, -0.25) is 14.2 Å². The number of rotatable bonds is 9. The number of hydrogen-bond acceptors (Lipinski definition) is 6. The van der Waals surface area contributed by atoms with Crippen LogP contribution in [0.25, 0.3) is 27.5 Å². The topological polar surface area (TPSA) is 76.5 Å². The number of nitrogens with one attached hydrogen (secondary N) is 1. The summed E-state index contributed by atoms with van der Waals surface area (Å²) in [5, 5.41) is 3.97. The van der Waals surface area contributed by atoms with E-state index in [9.17, 15) is 9.59 Å². The van der Waals surface area contributed by atoms with Crippen molar-refractivity contribution in [3.63, 3.8) is 0 Å². The second-order valence-corrected chi connectivity index (χ2v) is 12.7. The number of para-hydroxylation sites is 1. The lowest BCUT2D eigenvalue weighted by Crippen LogP contribution is -2.47. The van der Waals surface area contributed by atoms with Gasteiger partial charge in [-0.2, -0.15) is 0 Å². The average molecular weight is 599 g/mol. The second kappa shape index (κ2) is 13.3. The Balaban J connectivity index is 1.81. The molecule has 7 nitrogen and oxygen atoms in total. The maximum atomic E-state index is 14.8. The Kier molecular flexibility index (Phi) is 9.47. The zero-order valence-electron chi connectivity index (χ0n) is 26.1. The number of carbonyl (C=O) groups excluding carboxylic acids is 1. The Morgan fingerprint density at radius 1 is 1.05 bits per heavy atom. The van der Waals surface area contributed by atoms with Gasteiger partial charge in [0.25, 0.3) is 11.5 Å². The van der Waals surface area contributed by atoms with Gasteiger partial charge in [-0.25, -0.2) is 4.98 Å². The number of hydrogen-bond donors (Lipinski definition) is 1.